The molecule has 0 saturated heterocycles. The monoisotopic (exact) mass is 592 g/mol. The zero-order valence-corrected chi connectivity index (χ0v) is 24.8. The Labute approximate surface area is 266 Å². The Kier molecular flexibility index (Phi) is 6.09. The van der Waals surface area contributed by atoms with Gasteiger partial charge in [0.1, 0.15) is 11.7 Å². The van der Waals surface area contributed by atoms with E-state index in [-0.39, 0.29) is 0 Å². The van der Waals surface area contributed by atoms with Crippen molar-refractivity contribution in [1.82, 2.24) is 14.9 Å². The van der Waals surface area contributed by atoms with E-state index in [9.17, 15) is 0 Å². The van der Waals surface area contributed by atoms with Crippen molar-refractivity contribution in [1.29, 1.82) is 0 Å². The minimum Gasteiger partial charge on any atom is -0.324 e. The molecule has 6 aromatic carbocycles. The van der Waals surface area contributed by atoms with E-state index in [1.807, 2.05) is 42.5 Å². The molecule has 218 valence electrons. The number of hydrogen-bond donors (Lipinski definition) is 1. The van der Waals surface area contributed by atoms with E-state index >= 15 is 0 Å². The topological polar surface area (TPSA) is 57.8 Å². The van der Waals surface area contributed by atoms with Gasteiger partial charge in [-0.25, -0.2) is 15.0 Å². The lowest BCUT2D eigenvalue weighted by molar-refractivity contribution is 0.755. The Bertz CT molecular complexity index is 2250. The van der Waals surface area contributed by atoms with Crippen molar-refractivity contribution in [2.75, 3.05) is 4.90 Å². The number of fused-ring (bicyclic) bond motifs is 7. The van der Waals surface area contributed by atoms with Gasteiger partial charge in [-0.3, -0.25) is 9.47 Å². The summed E-state index contributed by atoms with van der Waals surface area (Å²) in [4.78, 5) is 17.8. The molecule has 0 bridgehead atoms. The maximum Gasteiger partial charge on any atom is 0.220 e. The van der Waals surface area contributed by atoms with Crippen LogP contribution in [0.25, 0.3) is 27.8 Å². The molecule has 7 aromatic rings. The summed E-state index contributed by atoms with van der Waals surface area (Å²) in [5, 5.41) is 3.50. The lowest BCUT2D eigenvalue weighted by Gasteiger charge is -2.26. The zero-order chi connectivity index (χ0) is 30.5. The molecule has 0 fully saturated rings. The molecule has 0 atom stereocenters. The van der Waals surface area contributed by atoms with E-state index < -0.39 is 6.17 Å². The number of nitrogens with one attached hydrogen (secondary N) is 1. The second-order valence-electron chi connectivity index (χ2n) is 11.4. The van der Waals surface area contributed by atoms with Gasteiger partial charge in [-0.05, 0) is 36.4 Å². The SMILES string of the molecule is c1ccc(C2=NC(c3cccc(N4c5ccccc5-c5ccccc5-n5c4nc4ccccc45)c3)N=C(c3ccccc3)N2)cc1. The lowest BCUT2D eigenvalue weighted by atomic mass is 10.0. The van der Waals surface area contributed by atoms with Gasteiger partial charge in [-0.1, -0.05) is 121 Å². The molecule has 2 aliphatic heterocycles. The van der Waals surface area contributed by atoms with E-state index in [1.165, 1.54) is 0 Å². The summed E-state index contributed by atoms with van der Waals surface area (Å²) in [6.07, 6.45) is -0.440. The smallest absolute Gasteiger partial charge is 0.220 e. The summed E-state index contributed by atoms with van der Waals surface area (Å²) >= 11 is 0. The number of rotatable bonds is 4. The highest BCUT2D eigenvalue weighted by Crippen LogP contribution is 2.47. The number of nitrogens with zero attached hydrogens (tertiary/aromatic N) is 5. The van der Waals surface area contributed by atoms with Crippen LogP contribution in [-0.2, 0) is 0 Å². The third-order valence-corrected chi connectivity index (χ3v) is 8.58. The molecule has 0 aliphatic carbocycles. The van der Waals surface area contributed by atoms with Gasteiger partial charge in [0, 0.05) is 33.5 Å². The average molecular weight is 593 g/mol. The van der Waals surface area contributed by atoms with Crippen LogP contribution >= 0.6 is 0 Å². The fraction of sp³-hybridized carbons (Fsp3) is 0.0250. The van der Waals surface area contributed by atoms with Crippen molar-refractivity contribution in [2.24, 2.45) is 9.98 Å². The van der Waals surface area contributed by atoms with Crippen LogP contribution in [0.2, 0.25) is 0 Å². The largest absolute Gasteiger partial charge is 0.324 e. The molecule has 9 rings (SSSR count). The molecular formula is C40H28N6. The quantitative estimate of drug-likeness (QED) is 0.222. The number of hydrogen-bond acceptors (Lipinski definition) is 5. The highest BCUT2D eigenvalue weighted by atomic mass is 15.3. The second-order valence-corrected chi connectivity index (χ2v) is 11.4. The van der Waals surface area contributed by atoms with Gasteiger partial charge >= 0.3 is 0 Å². The molecule has 2 aliphatic rings. The molecule has 6 nitrogen and oxygen atoms in total. The van der Waals surface area contributed by atoms with E-state index in [0.29, 0.717) is 0 Å². The van der Waals surface area contributed by atoms with Crippen molar-refractivity contribution >= 4 is 40.0 Å². The number of para-hydroxylation sites is 4. The molecule has 0 radical (unpaired) electrons. The molecule has 0 unspecified atom stereocenters. The molecule has 0 spiro atoms. The van der Waals surface area contributed by atoms with Crippen molar-refractivity contribution in [2.45, 2.75) is 6.17 Å². The van der Waals surface area contributed by atoms with Crippen molar-refractivity contribution in [3.05, 3.63) is 174 Å². The van der Waals surface area contributed by atoms with Crippen molar-refractivity contribution in [3.8, 4) is 16.8 Å². The number of benzene rings is 6. The number of amidine groups is 2. The maximum atomic E-state index is 5.24. The highest BCUT2D eigenvalue weighted by Gasteiger charge is 2.29. The Morgan fingerprint density at radius 2 is 1.11 bits per heavy atom. The second kappa shape index (κ2) is 10.7. The van der Waals surface area contributed by atoms with E-state index in [0.717, 1.165) is 73.5 Å². The molecule has 3 heterocycles. The molecule has 0 saturated carbocycles. The molecule has 0 amide bonds. The predicted octanol–water partition coefficient (Wildman–Crippen LogP) is 8.97. The molecule has 1 aromatic heterocycles. The fourth-order valence-electron chi connectivity index (χ4n) is 6.46. The van der Waals surface area contributed by atoms with E-state index in [1.54, 1.807) is 0 Å². The fourth-order valence-corrected chi connectivity index (χ4v) is 6.46. The Morgan fingerprint density at radius 3 is 1.83 bits per heavy atom. The van der Waals surface area contributed by atoms with Gasteiger partial charge in [0.25, 0.3) is 0 Å². The predicted molar refractivity (Wildman–Crippen MR) is 187 cm³/mol. The Morgan fingerprint density at radius 1 is 0.522 bits per heavy atom. The minimum atomic E-state index is -0.440. The third kappa shape index (κ3) is 4.31. The number of anilines is 3. The molecule has 1 N–H and O–H groups in total. The normalized spacial score (nSPS) is 14.0. The van der Waals surface area contributed by atoms with Crippen LogP contribution in [-0.4, -0.2) is 21.2 Å². The number of aromatic nitrogens is 2. The van der Waals surface area contributed by atoms with Crippen LogP contribution in [0.5, 0.6) is 0 Å². The van der Waals surface area contributed by atoms with E-state index in [4.69, 9.17) is 15.0 Å². The summed E-state index contributed by atoms with van der Waals surface area (Å²) in [5.41, 5.74) is 10.5. The molecular weight excluding hydrogens is 564 g/mol. The van der Waals surface area contributed by atoms with Crippen LogP contribution in [0.4, 0.5) is 17.3 Å². The summed E-state index contributed by atoms with van der Waals surface area (Å²) in [6, 6.07) is 54.5. The van der Waals surface area contributed by atoms with E-state index in [2.05, 4.69) is 130 Å². The average Bonchev–Trinajstić information content (AvgIpc) is 3.46. The number of aliphatic imine (C=N–C) groups is 2. The molecule has 46 heavy (non-hydrogen) atoms. The van der Waals surface area contributed by atoms with Gasteiger partial charge in [-0.15, -0.1) is 0 Å². The first-order chi connectivity index (χ1) is 22.8. The number of imidazole rings is 1. The third-order valence-electron chi connectivity index (χ3n) is 8.58. The lowest BCUT2D eigenvalue weighted by Crippen LogP contribution is -2.36. The standard InChI is InChI=1S/C40H28N6/c1-3-14-27(15-4-1)37-42-38(28-16-5-2-6-17-28)44-39(43-37)29-18-13-19-30(26-29)45-34-23-10-7-20-31(34)32-21-8-11-24-35(32)46-36-25-12-9-22-33(36)41-40(45)46/h1-26,39H,(H,42,43,44). The Balaban J connectivity index is 1.24. The summed E-state index contributed by atoms with van der Waals surface area (Å²) in [6.45, 7) is 0. The van der Waals surface area contributed by atoms with Gasteiger partial charge in [0.2, 0.25) is 5.95 Å². The molecule has 6 heteroatoms. The first-order valence-corrected chi connectivity index (χ1v) is 15.4. The van der Waals surface area contributed by atoms with Crippen LogP contribution in [0.1, 0.15) is 22.9 Å². The Hall–Kier alpha value is -6.27. The van der Waals surface area contributed by atoms with Crippen molar-refractivity contribution < 1.29 is 0 Å². The van der Waals surface area contributed by atoms with Gasteiger partial charge in [-0.2, -0.15) is 0 Å². The van der Waals surface area contributed by atoms with Gasteiger partial charge < -0.3 is 5.32 Å². The highest BCUT2D eigenvalue weighted by molar-refractivity contribution is 6.15. The summed E-state index contributed by atoms with van der Waals surface area (Å²) in [7, 11) is 0. The maximum absolute atomic E-state index is 5.24. The first kappa shape index (κ1) is 26.2. The first-order valence-electron chi connectivity index (χ1n) is 15.4. The van der Waals surface area contributed by atoms with Crippen molar-refractivity contribution in [3.63, 3.8) is 0 Å². The van der Waals surface area contributed by atoms with Gasteiger partial charge in [0.15, 0.2) is 6.17 Å². The van der Waals surface area contributed by atoms with Crippen LogP contribution in [0.3, 0.4) is 0 Å². The van der Waals surface area contributed by atoms with Crippen LogP contribution < -0.4 is 10.2 Å². The summed E-state index contributed by atoms with van der Waals surface area (Å²) < 4.78 is 2.28. The van der Waals surface area contributed by atoms with Crippen LogP contribution in [0.15, 0.2) is 168 Å². The van der Waals surface area contributed by atoms with Crippen LogP contribution in [0, 0.1) is 0 Å². The summed E-state index contributed by atoms with van der Waals surface area (Å²) in [5.74, 6) is 2.42. The zero-order valence-electron chi connectivity index (χ0n) is 24.8. The minimum absolute atomic E-state index is 0.440. The van der Waals surface area contributed by atoms with Gasteiger partial charge in [0.05, 0.1) is 22.4 Å².